The lowest BCUT2D eigenvalue weighted by Gasteiger charge is -2.32. The Hall–Kier alpha value is -1.89. The SMILES string of the molecule is Cc1[nH]ncc1CN(C)Cc1cccc(OCC(O)CN(C)C2CCCCC2)c1. The lowest BCUT2D eigenvalue weighted by atomic mass is 9.94. The second-order valence-corrected chi connectivity index (χ2v) is 8.54. The van der Waals surface area contributed by atoms with Crippen molar-refractivity contribution >= 4 is 0 Å². The number of aliphatic hydroxyl groups is 1. The minimum Gasteiger partial charge on any atom is -0.491 e. The van der Waals surface area contributed by atoms with E-state index in [0.29, 0.717) is 19.2 Å². The number of nitrogens with one attached hydrogen (secondary N) is 1. The normalized spacial score (nSPS) is 16.5. The number of hydrogen-bond donors (Lipinski definition) is 2. The van der Waals surface area contributed by atoms with Crippen LogP contribution >= 0.6 is 0 Å². The molecule has 0 saturated heterocycles. The van der Waals surface area contributed by atoms with Crippen LogP contribution in [-0.4, -0.2) is 64.5 Å². The predicted molar refractivity (Wildman–Crippen MR) is 116 cm³/mol. The largest absolute Gasteiger partial charge is 0.491 e. The molecule has 1 saturated carbocycles. The van der Waals surface area contributed by atoms with E-state index in [1.54, 1.807) is 0 Å². The minimum absolute atomic E-state index is 0.324. The van der Waals surface area contributed by atoms with E-state index < -0.39 is 6.10 Å². The molecule has 1 aromatic carbocycles. The summed E-state index contributed by atoms with van der Waals surface area (Å²) in [6, 6.07) is 8.76. The van der Waals surface area contributed by atoms with Crippen molar-refractivity contribution in [3.05, 3.63) is 47.3 Å². The Morgan fingerprint density at radius 3 is 2.72 bits per heavy atom. The summed E-state index contributed by atoms with van der Waals surface area (Å²) in [5.41, 5.74) is 3.52. The first-order valence-electron chi connectivity index (χ1n) is 10.8. The first-order valence-corrected chi connectivity index (χ1v) is 10.8. The van der Waals surface area contributed by atoms with Gasteiger partial charge in [-0.25, -0.2) is 0 Å². The van der Waals surface area contributed by atoms with Gasteiger partial charge in [-0.2, -0.15) is 5.10 Å². The Bertz CT molecular complexity index is 742. The maximum Gasteiger partial charge on any atom is 0.119 e. The summed E-state index contributed by atoms with van der Waals surface area (Å²) in [4.78, 5) is 4.56. The molecule has 3 rings (SSSR count). The standard InChI is InChI=1S/C23H36N4O2/c1-18-20(13-24-25-18)15-26(2)14-19-8-7-11-23(12-19)29-17-22(28)16-27(3)21-9-5-4-6-10-21/h7-8,11-13,21-22,28H,4-6,9-10,14-17H2,1-3H3,(H,24,25). The zero-order valence-corrected chi connectivity index (χ0v) is 18.1. The van der Waals surface area contributed by atoms with Crippen molar-refractivity contribution in [1.29, 1.82) is 0 Å². The lowest BCUT2D eigenvalue weighted by Crippen LogP contribution is -2.40. The third-order valence-electron chi connectivity index (χ3n) is 5.86. The molecule has 6 heteroatoms. The van der Waals surface area contributed by atoms with Crippen LogP contribution in [0.1, 0.15) is 48.9 Å². The van der Waals surface area contributed by atoms with Crippen LogP contribution in [0.3, 0.4) is 0 Å². The number of hydrogen-bond acceptors (Lipinski definition) is 5. The molecule has 1 aliphatic rings. The van der Waals surface area contributed by atoms with Crippen LogP contribution in [0.4, 0.5) is 0 Å². The summed E-state index contributed by atoms with van der Waals surface area (Å²) in [7, 11) is 4.22. The molecule has 0 radical (unpaired) electrons. The van der Waals surface area contributed by atoms with Crippen molar-refractivity contribution in [3.63, 3.8) is 0 Å². The van der Waals surface area contributed by atoms with Gasteiger partial charge >= 0.3 is 0 Å². The molecule has 29 heavy (non-hydrogen) atoms. The lowest BCUT2D eigenvalue weighted by molar-refractivity contribution is 0.0561. The molecule has 1 fully saturated rings. The molecule has 0 spiro atoms. The van der Waals surface area contributed by atoms with Crippen molar-refractivity contribution in [3.8, 4) is 5.75 Å². The third-order valence-corrected chi connectivity index (χ3v) is 5.86. The average molecular weight is 401 g/mol. The number of aliphatic hydroxyl groups excluding tert-OH is 1. The van der Waals surface area contributed by atoms with E-state index in [-0.39, 0.29) is 0 Å². The van der Waals surface area contributed by atoms with E-state index in [9.17, 15) is 5.11 Å². The molecule has 1 aromatic heterocycles. The zero-order chi connectivity index (χ0) is 20.6. The number of ether oxygens (including phenoxy) is 1. The topological polar surface area (TPSA) is 64.6 Å². The van der Waals surface area contributed by atoms with Crippen molar-refractivity contribution in [1.82, 2.24) is 20.0 Å². The van der Waals surface area contributed by atoms with Crippen LogP contribution in [0.2, 0.25) is 0 Å². The highest BCUT2D eigenvalue weighted by Crippen LogP contribution is 2.22. The summed E-state index contributed by atoms with van der Waals surface area (Å²) in [6.45, 7) is 4.71. The van der Waals surface area contributed by atoms with Gasteiger partial charge in [-0.3, -0.25) is 10.00 Å². The Labute approximate surface area is 174 Å². The molecule has 1 unspecified atom stereocenters. The van der Waals surface area contributed by atoms with Crippen LogP contribution in [0.25, 0.3) is 0 Å². The quantitative estimate of drug-likeness (QED) is 0.640. The Morgan fingerprint density at radius 1 is 1.21 bits per heavy atom. The highest BCUT2D eigenvalue weighted by Gasteiger charge is 2.20. The summed E-state index contributed by atoms with van der Waals surface area (Å²) in [5, 5.41) is 17.5. The fraction of sp³-hybridized carbons (Fsp3) is 0.609. The first kappa shape index (κ1) is 21.8. The average Bonchev–Trinajstić information content (AvgIpc) is 3.11. The van der Waals surface area contributed by atoms with Crippen LogP contribution in [0.15, 0.2) is 30.5 Å². The molecule has 0 bridgehead atoms. The van der Waals surface area contributed by atoms with E-state index in [1.165, 1.54) is 43.2 Å². The second kappa shape index (κ2) is 10.8. The molecular formula is C23H36N4O2. The summed E-state index contributed by atoms with van der Waals surface area (Å²) in [5.74, 6) is 0.815. The molecule has 0 aliphatic heterocycles. The smallest absolute Gasteiger partial charge is 0.119 e. The van der Waals surface area contributed by atoms with Gasteiger partial charge in [0.1, 0.15) is 18.5 Å². The summed E-state index contributed by atoms with van der Waals surface area (Å²) >= 11 is 0. The Kier molecular flexibility index (Phi) is 8.09. The number of aryl methyl sites for hydroxylation is 1. The monoisotopic (exact) mass is 400 g/mol. The molecular weight excluding hydrogens is 364 g/mol. The van der Waals surface area contributed by atoms with Crippen molar-refractivity contribution in [2.75, 3.05) is 27.2 Å². The van der Waals surface area contributed by atoms with E-state index in [4.69, 9.17) is 4.74 Å². The van der Waals surface area contributed by atoms with Crippen LogP contribution in [-0.2, 0) is 13.1 Å². The highest BCUT2D eigenvalue weighted by atomic mass is 16.5. The van der Waals surface area contributed by atoms with Crippen LogP contribution < -0.4 is 4.74 Å². The van der Waals surface area contributed by atoms with Gasteiger partial charge < -0.3 is 14.7 Å². The fourth-order valence-electron chi connectivity index (χ4n) is 4.18. The van der Waals surface area contributed by atoms with E-state index in [1.807, 2.05) is 25.3 Å². The predicted octanol–water partition coefficient (Wildman–Crippen LogP) is 3.35. The van der Waals surface area contributed by atoms with Gasteiger partial charge in [0.05, 0.1) is 6.20 Å². The Balaban J connectivity index is 1.44. The number of H-pyrrole nitrogens is 1. The molecule has 1 atom stereocenters. The van der Waals surface area contributed by atoms with Crippen molar-refractivity contribution in [2.45, 2.75) is 64.3 Å². The molecule has 1 aliphatic carbocycles. The van der Waals surface area contributed by atoms with E-state index in [0.717, 1.165) is 24.5 Å². The maximum absolute atomic E-state index is 10.4. The van der Waals surface area contributed by atoms with Gasteiger partial charge in [-0.1, -0.05) is 31.4 Å². The van der Waals surface area contributed by atoms with Gasteiger partial charge in [-0.15, -0.1) is 0 Å². The fourth-order valence-corrected chi connectivity index (χ4v) is 4.18. The molecule has 2 N–H and O–H groups in total. The zero-order valence-electron chi connectivity index (χ0n) is 18.1. The van der Waals surface area contributed by atoms with E-state index >= 15 is 0 Å². The molecule has 0 amide bonds. The highest BCUT2D eigenvalue weighted by molar-refractivity contribution is 5.28. The second-order valence-electron chi connectivity index (χ2n) is 8.54. The molecule has 2 aromatic rings. The van der Waals surface area contributed by atoms with Gasteiger partial charge in [0.2, 0.25) is 0 Å². The van der Waals surface area contributed by atoms with Gasteiger partial charge in [0, 0.05) is 36.9 Å². The number of rotatable bonds is 10. The summed E-state index contributed by atoms with van der Waals surface area (Å²) < 4.78 is 5.89. The molecule has 1 heterocycles. The minimum atomic E-state index is -0.475. The number of aromatic amines is 1. The number of aromatic nitrogens is 2. The third kappa shape index (κ3) is 6.84. The first-order chi connectivity index (χ1) is 14.0. The van der Waals surface area contributed by atoms with Crippen molar-refractivity contribution in [2.24, 2.45) is 0 Å². The van der Waals surface area contributed by atoms with Crippen molar-refractivity contribution < 1.29 is 9.84 Å². The molecule has 6 nitrogen and oxygen atoms in total. The maximum atomic E-state index is 10.4. The van der Waals surface area contributed by atoms with Crippen LogP contribution in [0.5, 0.6) is 5.75 Å². The van der Waals surface area contributed by atoms with Gasteiger partial charge in [0.25, 0.3) is 0 Å². The van der Waals surface area contributed by atoms with Crippen LogP contribution in [0, 0.1) is 6.92 Å². The van der Waals surface area contributed by atoms with E-state index in [2.05, 4.69) is 46.2 Å². The number of nitrogens with zero attached hydrogens (tertiary/aromatic N) is 3. The molecule has 160 valence electrons. The Morgan fingerprint density at radius 2 is 2.00 bits per heavy atom. The summed E-state index contributed by atoms with van der Waals surface area (Å²) in [6.07, 6.45) is 7.87. The van der Waals surface area contributed by atoms with Gasteiger partial charge in [0.15, 0.2) is 0 Å². The number of likely N-dealkylation sites (N-methyl/N-ethyl adjacent to an activating group) is 1. The number of benzene rings is 1. The van der Waals surface area contributed by atoms with Gasteiger partial charge in [-0.05, 0) is 51.6 Å².